The molecular weight excluding hydrogens is 396 g/mol. The highest BCUT2D eigenvalue weighted by Crippen LogP contribution is 2.31. The SMILES string of the molecule is COc1cc(N2CCN(Cc3ccc(OC)c(OC)c3)CC2)ccc1Br. The molecule has 140 valence electrons. The number of methoxy groups -OCH3 is 3. The van der Waals surface area contributed by atoms with Crippen molar-refractivity contribution in [1.82, 2.24) is 4.90 Å². The number of anilines is 1. The number of nitrogens with zero attached hydrogens (tertiary/aromatic N) is 2. The second-order valence-electron chi connectivity index (χ2n) is 6.27. The van der Waals surface area contributed by atoms with Crippen molar-refractivity contribution < 1.29 is 14.2 Å². The quantitative estimate of drug-likeness (QED) is 0.709. The molecular formula is C20H25BrN2O3. The number of benzene rings is 2. The number of piperazine rings is 1. The molecule has 2 aromatic carbocycles. The van der Waals surface area contributed by atoms with E-state index < -0.39 is 0 Å². The molecule has 0 bridgehead atoms. The van der Waals surface area contributed by atoms with Gasteiger partial charge in [-0.05, 0) is 45.8 Å². The molecule has 0 atom stereocenters. The Labute approximate surface area is 163 Å². The summed E-state index contributed by atoms with van der Waals surface area (Å²) in [4.78, 5) is 4.87. The molecule has 1 saturated heterocycles. The van der Waals surface area contributed by atoms with Crippen LogP contribution in [0.3, 0.4) is 0 Å². The van der Waals surface area contributed by atoms with Crippen LogP contribution in [-0.2, 0) is 6.54 Å². The molecule has 0 unspecified atom stereocenters. The minimum atomic E-state index is 0.769. The molecule has 1 aliphatic rings. The first-order valence-corrected chi connectivity index (χ1v) is 9.45. The zero-order valence-corrected chi connectivity index (χ0v) is 17.1. The molecule has 1 aliphatic heterocycles. The van der Waals surface area contributed by atoms with Crippen LogP contribution in [0.4, 0.5) is 5.69 Å². The molecule has 5 nitrogen and oxygen atoms in total. The average Bonchev–Trinajstić information content (AvgIpc) is 2.69. The van der Waals surface area contributed by atoms with E-state index in [0.717, 1.165) is 54.4 Å². The standard InChI is InChI=1S/C20H25BrN2O3/c1-24-18-7-4-15(12-20(18)26-3)14-22-8-10-23(11-9-22)16-5-6-17(21)19(13-16)25-2/h4-7,12-13H,8-11,14H2,1-3H3. The van der Waals surface area contributed by atoms with Crippen LogP contribution in [0.2, 0.25) is 0 Å². The molecule has 1 fully saturated rings. The Morgan fingerprint density at radius 3 is 2.15 bits per heavy atom. The minimum absolute atomic E-state index is 0.769. The molecule has 6 heteroatoms. The van der Waals surface area contributed by atoms with E-state index in [0.29, 0.717) is 0 Å². The lowest BCUT2D eigenvalue weighted by atomic mass is 10.1. The third-order valence-electron chi connectivity index (χ3n) is 4.73. The third-order valence-corrected chi connectivity index (χ3v) is 5.38. The van der Waals surface area contributed by atoms with Gasteiger partial charge in [0, 0.05) is 44.5 Å². The van der Waals surface area contributed by atoms with E-state index >= 15 is 0 Å². The van der Waals surface area contributed by atoms with Crippen molar-refractivity contribution in [3.63, 3.8) is 0 Å². The molecule has 0 amide bonds. The van der Waals surface area contributed by atoms with Crippen LogP contribution in [0.25, 0.3) is 0 Å². The monoisotopic (exact) mass is 420 g/mol. The maximum atomic E-state index is 5.41. The fourth-order valence-electron chi connectivity index (χ4n) is 3.25. The first kappa shape index (κ1) is 18.9. The maximum absolute atomic E-state index is 5.41. The fraction of sp³-hybridized carbons (Fsp3) is 0.400. The van der Waals surface area contributed by atoms with Crippen LogP contribution < -0.4 is 19.1 Å². The van der Waals surface area contributed by atoms with Crippen molar-refractivity contribution in [2.24, 2.45) is 0 Å². The molecule has 2 aromatic rings. The van der Waals surface area contributed by atoms with Gasteiger partial charge in [-0.15, -0.1) is 0 Å². The second-order valence-corrected chi connectivity index (χ2v) is 7.13. The highest BCUT2D eigenvalue weighted by Gasteiger charge is 2.18. The normalized spacial score (nSPS) is 15.0. The molecule has 3 rings (SSSR count). The highest BCUT2D eigenvalue weighted by atomic mass is 79.9. The number of hydrogen-bond acceptors (Lipinski definition) is 5. The minimum Gasteiger partial charge on any atom is -0.495 e. The van der Waals surface area contributed by atoms with Gasteiger partial charge >= 0.3 is 0 Å². The first-order valence-electron chi connectivity index (χ1n) is 8.66. The Morgan fingerprint density at radius 2 is 1.50 bits per heavy atom. The topological polar surface area (TPSA) is 34.2 Å². The van der Waals surface area contributed by atoms with Gasteiger partial charge in [-0.25, -0.2) is 0 Å². The van der Waals surface area contributed by atoms with Gasteiger partial charge in [0.2, 0.25) is 0 Å². The lowest BCUT2D eigenvalue weighted by molar-refractivity contribution is 0.249. The van der Waals surface area contributed by atoms with Crippen LogP contribution in [0, 0.1) is 0 Å². The summed E-state index contributed by atoms with van der Waals surface area (Å²) in [5, 5.41) is 0. The van der Waals surface area contributed by atoms with Crippen LogP contribution >= 0.6 is 15.9 Å². The van der Waals surface area contributed by atoms with E-state index in [4.69, 9.17) is 14.2 Å². The van der Waals surface area contributed by atoms with Crippen LogP contribution in [0.15, 0.2) is 40.9 Å². The van der Waals surface area contributed by atoms with Crippen LogP contribution in [0.5, 0.6) is 17.2 Å². The predicted octanol–water partition coefficient (Wildman–Crippen LogP) is 3.80. The Bertz CT molecular complexity index is 746. The lowest BCUT2D eigenvalue weighted by Crippen LogP contribution is -2.45. The summed E-state index contributed by atoms with van der Waals surface area (Å²) in [6, 6.07) is 12.4. The van der Waals surface area contributed by atoms with E-state index in [1.165, 1.54) is 11.3 Å². The number of halogens is 1. The number of rotatable bonds is 6. The van der Waals surface area contributed by atoms with Gasteiger partial charge in [0.25, 0.3) is 0 Å². The third kappa shape index (κ3) is 4.24. The van der Waals surface area contributed by atoms with E-state index in [9.17, 15) is 0 Å². The van der Waals surface area contributed by atoms with Gasteiger partial charge in [0.05, 0.1) is 25.8 Å². The average molecular weight is 421 g/mol. The molecule has 0 aliphatic carbocycles. The number of ether oxygens (including phenoxy) is 3. The predicted molar refractivity (Wildman–Crippen MR) is 108 cm³/mol. The summed E-state index contributed by atoms with van der Waals surface area (Å²) in [7, 11) is 5.03. The Morgan fingerprint density at radius 1 is 0.808 bits per heavy atom. The van der Waals surface area contributed by atoms with Gasteiger partial charge in [-0.2, -0.15) is 0 Å². The van der Waals surface area contributed by atoms with Crippen molar-refractivity contribution in [3.05, 3.63) is 46.4 Å². The van der Waals surface area contributed by atoms with Crippen molar-refractivity contribution in [1.29, 1.82) is 0 Å². The van der Waals surface area contributed by atoms with Crippen molar-refractivity contribution in [2.45, 2.75) is 6.54 Å². The summed E-state index contributed by atoms with van der Waals surface area (Å²) in [6.07, 6.45) is 0. The summed E-state index contributed by atoms with van der Waals surface area (Å²) in [5.41, 5.74) is 2.44. The van der Waals surface area contributed by atoms with Crippen LogP contribution in [0.1, 0.15) is 5.56 Å². The molecule has 0 N–H and O–H groups in total. The van der Waals surface area contributed by atoms with Crippen molar-refractivity contribution >= 4 is 21.6 Å². The van der Waals surface area contributed by atoms with Gasteiger partial charge in [-0.1, -0.05) is 6.07 Å². The Hall–Kier alpha value is -1.92. The van der Waals surface area contributed by atoms with E-state index in [1.54, 1.807) is 21.3 Å². The second kappa shape index (κ2) is 8.64. The molecule has 1 heterocycles. The largest absolute Gasteiger partial charge is 0.495 e. The van der Waals surface area contributed by atoms with Gasteiger partial charge in [0.15, 0.2) is 11.5 Å². The lowest BCUT2D eigenvalue weighted by Gasteiger charge is -2.36. The van der Waals surface area contributed by atoms with E-state index in [-0.39, 0.29) is 0 Å². The zero-order chi connectivity index (χ0) is 18.5. The van der Waals surface area contributed by atoms with E-state index in [2.05, 4.69) is 50.0 Å². The summed E-state index contributed by atoms with van der Waals surface area (Å²) in [6.45, 7) is 4.95. The van der Waals surface area contributed by atoms with Crippen LogP contribution in [-0.4, -0.2) is 52.4 Å². The number of hydrogen-bond donors (Lipinski definition) is 0. The fourth-order valence-corrected chi connectivity index (χ4v) is 3.66. The van der Waals surface area contributed by atoms with Crippen molar-refractivity contribution in [2.75, 3.05) is 52.4 Å². The summed E-state index contributed by atoms with van der Waals surface area (Å²) in [5.74, 6) is 2.42. The van der Waals surface area contributed by atoms with E-state index in [1.807, 2.05) is 12.1 Å². The Balaban J connectivity index is 1.60. The molecule has 0 saturated carbocycles. The molecule has 0 spiro atoms. The first-order chi connectivity index (χ1) is 12.6. The smallest absolute Gasteiger partial charge is 0.161 e. The summed E-state index contributed by atoms with van der Waals surface area (Å²) >= 11 is 3.51. The maximum Gasteiger partial charge on any atom is 0.161 e. The molecule has 0 aromatic heterocycles. The molecule has 0 radical (unpaired) electrons. The highest BCUT2D eigenvalue weighted by molar-refractivity contribution is 9.10. The molecule has 26 heavy (non-hydrogen) atoms. The van der Waals surface area contributed by atoms with Gasteiger partial charge in [-0.3, -0.25) is 4.90 Å². The van der Waals surface area contributed by atoms with Gasteiger partial charge < -0.3 is 19.1 Å². The van der Waals surface area contributed by atoms with Crippen molar-refractivity contribution in [3.8, 4) is 17.2 Å². The Kier molecular flexibility index (Phi) is 6.27. The van der Waals surface area contributed by atoms with Gasteiger partial charge in [0.1, 0.15) is 5.75 Å². The summed E-state index contributed by atoms with van der Waals surface area (Å²) < 4.78 is 17.1. The zero-order valence-electron chi connectivity index (χ0n) is 15.5.